The molecule has 0 radical (unpaired) electrons. The van der Waals surface area contributed by atoms with Gasteiger partial charge >= 0.3 is 12.1 Å². The van der Waals surface area contributed by atoms with Crippen LogP contribution in [0.4, 0.5) is 4.79 Å². The quantitative estimate of drug-likeness (QED) is 0.178. The van der Waals surface area contributed by atoms with Crippen molar-refractivity contribution < 1.29 is 28.7 Å². The molecule has 0 aliphatic heterocycles. The number of hydrogen-bond acceptors (Lipinski definition) is 6. The predicted molar refractivity (Wildman–Crippen MR) is 176 cm³/mol. The van der Waals surface area contributed by atoms with Crippen molar-refractivity contribution in [3.63, 3.8) is 0 Å². The molecule has 0 fully saturated rings. The summed E-state index contributed by atoms with van der Waals surface area (Å²) in [6.45, 7) is 9.98. The molecule has 3 N–H and O–H groups in total. The molecule has 0 spiro atoms. The van der Waals surface area contributed by atoms with Crippen LogP contribution in [0.25, 0.3) is 0 Å². The van der Waals surface area contributed by atoms with E-state index >= 15 is 0 Å². The van der Waals surface area contributed by atoms with Gasteiger partial charge in [-0.05, 0) is 76.0 Å². The van der Waals surface area contributed by atoms with Crippen molar-refractivity contribution in [1.82, 2.24) is 10.2 Å². The summed E-state index contributed by atoms with van der Waals surface area (Å²) in [5, 5.41) is 2.74. The largest absolute Gasteiger partial charge is 0.461 e. The summed E-state index contributed by atoms with van der Waals surface area (Å²) in [5.41, 5.74) is 8.04. The first-order valence-corrected chi connectivity index (χ1v) is 16.3. The van der Waals surface area contributed by atoms with Crippen LogP contribution < -0.4 is 11.1 Å². The zero-order valence-corrected chi connectivity index (χ0v) is 27.8. The highest BCUT2D eigenvalue weighted by Gasteiger charge is 2.32. The van der Waals surface area contributed by atoms with Gasteiger partial charge in [-0.2, -0.15) is 0 Å². The molecule has 0 saturated heterocycles. The number of nitrogens with two attached hydrogens (primary N) is 1. The highest BCUT2D eigenvalue weighted by molar-refractivity contribution is 5.86. The maximum absolute atomic E-state index is 14.2. The Morgan fingerprint density at radius 3 is 2.11 bits per heavy atom. The third-order valence-electron chi connectivity index (χ3n) is 7.33. The molecule has 2 aromatic rings. The van der Waals surface area contributed by atoms with Crippen molar-refractivity contribution in [2.75, 3.05) is 6.54 Å². The van der Waals surface area contributed by atoms with Gasteiger partial charge in [-0.25, -0.2) is 4.79 Å². The maximum atomic E-state index is 14.2. The fourth-order valence-electron chi connectivity index (χ4n) is 4.99. The molecule has 0 saturated carbocycles. The van der Waals surface area contributed by atoms with Gasteiger partial charge in [0.05, 0.1) is 0 Å². The summed E-state index contributed by atoms with van der Waals surface area (Å²) in [4.78, 5) is 53.4. The van der Waals surface area contributed by atoms with E-state index in [1.807, 2.05) is 49.4 Å². The number of amides is 3. The lowest BCUT2D eigenvalue weighted by atomic mass is 9.97. The Labute approximate surface area is 269 Å². The van der Waals surface area contributed by atoms with E-state index in [1.165, 1.54) is 5.56 Å². The highest BCUT2D eigenvalue weighted by Crippen LogP contribution is 2.19. The van der Waals surface area contributed by atoms with Gasteiger partial charge in [0, 0.05) is 25.4 Å². The number of carbonyl (C=O) groups excluding carboxylic acids is 4. The summed E-state index contributed by atoms with van der Waals surface area (Å²) < 4.78 is 10.9. The minimum Gasteiger partial charge on any atom is -0.461 e. The second kappa shape index (κ2) is 19.5. The fraction of sp³-hybridized carbons (Fsp3) is 0.556. The summed E-state index contributed by atoms with van der Waals surface area (Å²) in [7, 11) is 0. The Kier molecular flexibility index (Phi) is 16.2. The third kappa shape index (κ3) is 15.1. The van der Waals surface area contributed by atoms with Crippen molar-refractivity contribution in [3.8, 4) is 0 Å². The molecule has 0 unspecified atom stereocenters. The van der Waals surface area contributed by atoms with Crippen LogP contribution >= 0.6 is 0 Å². The second-order valence-electron chi connectivity index (χ2n) is 12.6. The van der Waals surface area contributed by atoms with Crippen molar-refractivity contribution in [2.45, 2.75) is 123 Å². The number of nitrogens with one attached hydrogen (secondary N) is 1. The van der Waals surface area contributed by atoms with Crippen LogP contribution in [0, 0.1) is 0 Å². The first kappa shape index (κ1) is 37.3. The van der Waals surface area contributed by atoms with Crippen LogP contribution in [-0.4, -0.2) is 53.0 Å². The average Bonchev–Trinajstić information content (AvgIpc) is 2.98. The van der Waals surface area contributed by atoms with E-state index in [1.54, 1.807) is 25.7 Å². The monoisotopic (exact) mass is 623 g/mol. The summed E-state index contributed by atoms with van der Waals surface area (Å²) in [6, 6.07) is 16.2. The lowest BCUT2D eigenvalue weighted by Crippen LogP contribution is -2.54. The second-order valence-corrected chi connectivity index (χ2v) is 12.6. The van der Waals surface area contributed by atoms with E-state index in [9.17, 15) is 19.2 Å². The minimum absolute atomic E-state index is 0.0159. The molecule has 3 amide bonds. The molecular weight excluding hydrogens is 570 g/mol. The summed E-state index contributed by atoms with van der Waals surface area (Å²) in [6.07, 6.45) is 5.05. The number of aryl methyl sites for hydroxylation is 1. The molecule has 2 aromatic carbocycles. The first-order valence-electron chi connectivity index (χ1n) is 16.3. The number of carbonyl (C=O) groups is 4. The van der Waals surface area contributed by atoms with Gasteiger partial charge in [0.25, 0.3) is 0 Å². The molecular formula is C36H53N3O6. The number of primary amides is 1. The van der Waals surface area contributed by atoms with Crippen LogP contribution in [0.2, 0.25) is 0 Å². The number of unbranched alkanes of at least 4 members (excludes halogenated alkanes) is 2. The molecule has 0 aliphatic rings. The molecule has 9 heteroatoms. The van der Waals surface area contributed by atoms with Gasteiger partial charge in [-0.1, -0.05) is 81.3 Å². The Bertz CT molecular complexity index is 1190. The zero-order valence-electron chi connectivity index (χ0n) is 27.8. The molecule has 2 rings (SSSR count). The number of esters is 1. The standard InChI is InChI=1S/C36H53N3O6/c1-6-8-14-27-19-21-28(22-20-27)24-30(25-32(37)40)39(23-9-7-2)34(42)31(38-35(43)45-36(3,4)5)17-13-18-33(41)44-26-29-15-11-10-12-16-29/h10-12,15-16,19-22,30-31H,6-9,13-14,17-18,23-26H2,1-5H3,(H2,37,40)(H,38,43)/t30-,31-/m0/s1. The number of alkyl carbamates (subject to hydrolysis) is 1. The number of rotatable bonds is 19. The Morgan fingerprint density at radius 1 is 0.867 bits per heavy atom. The van der Waals surface area contributed by atoms with E-state index in [2.05, 4.69) is 24.4 Å². The van der Waals surface area contributed by atoms with Crippen LogP contribution in [0.1, 0.15) is 103 Å². The van der Waals surface area contributed by atoms with Gasteiger partial charge in [0.1, 0.15) is 18.2 Å². The van der Waals surface area contributed by atoms with Crippen molar-refractivity contribution in [1.29, 1.82) is 0 Å². The Hall–Kier alpha value is -3.88. The molecule has 2 atom stereocenters. The van der Waals surface area contributed by atoms with Crippen LogP contribution in [0.15, 0.2) is 54.6 Å². The van der Waals surface area contributed by atoms with Gasteiger partial charge in [0.2, 0.25) is 11.8 Å². The van der Waals surface area contributed by atoms with Gasteiger partial charge in [0.15, 0.2) is 0 Å². The Balaban J connectivity index is 2.24. The Morgan fingerprint density at radius 2 is 1.51 bits per heavy atom. The smallest absolute Gasteiger partial charge is 0.408 e. The van der Waals surface area contributed by atoms with E-state index in [0.717, 1.165) is 36.8 Å². The number of hydrogen-bond donors (Lipinski definition) is 2. The highest BCUT2D eigenvalue weighted by atomic mass is 16.6. The molecule has 248 valence electrons. The van der Waals surface area contributed by atoms with Crippen LogP contribution in [0.5, 0.6) is 0 Å². The van der Waals surface area contributed by atoms with Gasteiger partial charge in [-0.15, -0.1) is 0 Å². The summed E-state index contributed by atoms with van der Waals surface area (Å²) >= 11 is 0. The normalized spacial score (nSPS) is 12.6. The lowest BCUT2D eigenvalue weighted by Gasteiger charge is -2.35. The van der Waals surface area contributed by atoms with Crippen molar-refractivity contribution >= 4 is 23.9 Å². The van der Waals surface area contributed by atoms with Crippen molar-refractivity contribution in [2.24, 2.45) is 5.73 Å². The van der Waals surface area contributed by atoms with E-state index in [-0.39, 0.29) is 37.7 Å². The first-order chi connectivity index (χ1) is 21.4. The van der Waals surface area contributed by atoms with Gasteiger partial charge < -0.3 is 25.4 Å². The predicted octanol–water partition coefficient (Wildman–Crippen LogP) is 6.25. The molecule has 45 heavy (non-hydrogen) atoms. The maximum Gasteiger partial charge on any atom is 0.408 e. The summed E-state index contributed by atoms with van der Waals surface area (Å²) in [5.74, 6) is -1.23. The molecule has 0 aromatic heterocycles. The number of ether oxygens (including phenoxy) is 2. The topological polar surface area (TPSA) is 128 Å². The van der Waals surface area contributed by atoms with E-state index < -0.39 is 29.7 Å². The zero-order chi connectivity index (χ0) is 33.2. The number of benzene rings is 2. The van der Waals surface area contributed by atoms with E-state index in [4.69, 9.17) is 15.2 Å². The number of nitrogens with zero attached hydrogens (tertiary/aromatic N) is 1. The molecule has 0 heterocycles. The van der Waals surface area contributed by atoms with E-state index in [0.29, 0.717) is 25.8 Å². The lowest BCUT2D eigenvalue weighted by molar-refractivity contribution is -0.145. The third-order valence-corrected chi connectivity index (χ3v) is 7.33. The minimum atomic E-state index is -0.967. The van der Waals surface area contributed by atoms with Crippen molar-refractivity contribution in [3.05, 3.63) is 71.3 Å². The SMILES string of the molecule is CCCCc1ccc(C[C@@H](CC(N)=O)N(CCCC)C(=O)[C@H](CCCC(=O)OCc2ccccc2)NC(=O)OC(C)(C)C)cc1. The molecule has 0 aliphatic carbocycles. The molecule has 0 bridgehead atoms. The van der Waals surface area contributed by atoms with Crippen LogP contribution in [-0.2, 0) is 43.3 Å². The van der Waals surface area contributed by atoms with Crippen LogP contribution in [0.3, 0.4) is 0 Å². The average molecular weight is 624 g/mol. The van der Waals surface area contributed by atoms with Gasteiger partial charge in [-0.3, -0.25) is 14.4 Å². The molecule has 9 nitrogen and oxygen atoms in total. The fourth-order valence-corrected chi connectivity index (χ4v) is 4.99.